The Bertz CT molecular complexity index is 1030. The van der Waals surface area contributed by atoms with E-state index in [-0.39, 0.29) is 23.8 Å². The van der Waals surface area contributed by atoms with Gasteiger partial charge in [-0.15, -0.1) is 17.5 Å². The van der Waals surface area contributed by atoms with Crippen molar-refractivity contribution in [3.63, 3.8) is 0 Å². The number of aromatic nitrogens is 3. The van der Waals surface area contributed by atoms with Gasteiger partial charge >= 0.3 is 0 Å². The van der Waals surface area contributed by atoms with Crippen molar-refractivity contribution < 1.29 is 18.3 Å². The highest BCUT2D eigenvalue weighted by atomic mass is 35.5. The molecular formula is C18H20ClF2N5O2S2. The summed E-state index contributed by atoms with van der Waals surface area (Å²) in [6.07, 6.45) is 0.712. The summed E-state index contributed by atoms with van der Waals surface area (Å²) in [5.74, 6) is -1.68. The quantitative estimate of drug-likeness (QED) is 0.543. The number of morpholine rings is 1. The van der Waals surface area contributed by atoms with E-state index in [2.05, 4.69) is 19.5 Å². The number of carbonyl (C=O) groups excluding carboxylic acids is 1. The second kappa shape index (κ2) is 10.0. The zero-order chi connectivity index (χ0) is 20.4. The van der Waals surface area contributed by atoms with E-state index in [0.29, 0.717) is 46.6 Å². The van der Waals surface area contributed by atoms with E-state index in [1.165, 1.54) is 11.0 Å². The normalized spacial score (nSPS) is 14.6. The molecule has 4 rings (SSSR count). The van der Waals surface area contributed by atoms with Crippen LogP contribution in [0.25, 0.3) is 10.2 Å². The Labute approximate surface area is 186 Å². The van der Waals surface area contributed by atoms with Crippen molar-refractivity contribution in [1.82, 2.24) is 19.5 Å². The summed E-state index contributed by atoms with van der Waals surface area (Å²) in [7, 11) is 0. The van der Waals surface area contributed by atoms with Crippen molar-refractivity contribution in [2.75, 3.05) is 44.3 Å². The first kappa shape index (κ1) is 22.9. The third kappa shape index (κ3) is 4.92. The van der Waals surface area contributed by atoms with Crippen molar-refractivity contribution >= 4 is 56.5 Å². The van der Waals surface area contributed by atoms with Crippen LogP contribution < -0.4 is 4.90 Å². The van der Waals surface area contributed by atoms with E-state index < -0.39 is 11.6 Å². The zero-order valence-corrected chi connectivity index (χ0v) is 18.6. The number of thiazole rings is 1. The Kier molecular flexibility index (Phi) is 7.64. The van der Waals surface area contributed by atoms with Gasteiger partial charge in [0.2, 0.25) is 0 Å². The topological polar surface area (TPSA) is 71.5 Å². The predicted molar refractivity (Wildman–Crippen MR) is 115 cm³/mol. The van der Waals surface area contributed by atoms with Gasteiger partial charge in [0, 0.05) is 32.2 Å². The maximum atomic E-state index is 14.1. The van der Waals surface area contributed by atoms with E-state index in [0.717, 1.165) is 48.6 Å². The van der Waals surface area contributed by atoms with Crippen molar-refractivity contribution in [2.24, 2.45) is 0 Å². The first-order valence-electron chi connectivity index (χ1n) is 9.19. The number of hydrogen-bond acceptors (Lipinski definition) is 8. The first-order chi connectivity index (χ1) is 14.0. The minimum Gasteiger partial charge on any atom is -0.379 e. The van der Waals surface area contributed by atoms with Gasteiger partial charge in [0.15, 0.2) is 10.9 Å². The molecule has 7 nitrogen and oxygen atoms in total. The number of fused-ring (bicyclic) bond motifs is 1. The van der Waals surface area contributed by atoms with Gasteiger partial charge in [-0.3, -0.25) is 14.6 Å². The lowest BCUT2D eigenvalue weighted by atomic mass is 10.3. The van der Waals surface area contributed by atoms with Gasteiger partial charge in [-0.25, -0.2) is 13.8 Å². The summed E-state index contributed by atoms with van der Waals surface area (Å²) in [5.41, 5.74) is 0.605. The predicted octanol–water partition coefficient (Wildman–Crippen LogP) is 3.53. The number of benzene rings is 1. The Morgan fingerprint density at radius 3 is 2.77 bits per heavy atom. The average Bonchev–Trinajstić information content (AvgIpc) is 3.32. The SMILES string of the molecule is Cc1nnsc1C(=O)N(CCCN1CCOCC1)c1nc2c(F)cc(F)cc2s1.Cl. The van der Waals surface area contributed by atoms with Crippen molar-refractivity contribution in [3.05, 3.63) is 34.3 Å². The number of aryl methyl sites for hydroxylation is 1. The molecule has 1 aliphatic rings. The van der Waals surface area contributed by atoms with Crippen LogP contribution in [0.15, 0.2) is 12.1 Å². The summed E-state index contributed by atoms with van der Waals surface area (Å²) < 4.78 is 37.3. The van der Waals surface area contributed by atoms with Crippen LogP contribution in [-0.4, -0.2) is 64.8 Å². The molecule has 162 valence electrons. The summed E-state index contributed by atoms with van der Waals surface area (Å²) in [4.78, 5) is 21.7. The molecule has 3 aromatic rings. The van der Waals surface area contributed by atoms with Crippen LogP contribution in [0.4, 0.5) is 13.9 Å². The van der Waals surface area contributed by atoms with Gasteiger partial charge in [-0.05, 0) is 30.9 Å². The third-order valence-corrected chi connectivity index (χ3v) is 6.52. The molecule has 1 aliphatic heterocycles. The van der Waals surface area contributed by atoms with E-state index in [1.807, 2.05) is 0 Å². The minimum absolute atomic E-state index is 0. The molecule has 12 heteroatoms. The number of halogens is 3. The van der Waals surface area contributed by atoms with Crippen LogP contribution in [0.1, 0.15) is 21.8 Å². The molecule has 3 heterocycles. The standard InChI is InChI=1S/C18H19F2N5O2S2.ClH/c1-11-16(29-23-22-11)17(26)25(4-2-3-24-5-7-27-8-6-24)18-21-15-13(20)9-12(19)10-14(15)28-18;/h9-10H,2-8H2,1H3;1H. The zero-order valence-electron chi connectivity index (χ0n) is 16.1. The van der Waals surface area contributed by atoms with Gasteiger partial charge in [-0.2, -0.15) is 0 Å². The number of rotatable bonds is 6. The average molecular weight is 476 g/mol. The summed E-state index contributed by atoms with van der Waals surface area (Å²) >= 11 is 2.11. The van der Waals surface area contributed by atoms with Gasteiger partial charge in [0.25, 0.3) is 5.91 Å². The Balaban J connectivity index is 0.00000256. The monoisotopic (exact) mass is 475 g/mol. The molecule has 0 aliphatic carbocycles. The fourth-order valence-corrected chi connectivity index (χ4v) is 4.81. The van der Waals surface area contributed by atoms with Crippen LogP contribution in [0.2, 0.25) is 0 Å². The van der Waals surface area contributed by atoms with Crippen LogP contribution in [0.5, 0.6) is 0 Å². The van der Waals surface area contributed by atoms with Gasteiger partial charge in [0.1, 0.15) is 16.2 Å². The molecule has 0 unspecified atom stereocenters. The molecule has 1 fully saturated rings. The lowest BCUT2D eigenvalue weighted by molar-refractivity contribution is 0.0376. The summed E-state index contributed by atoms with van der Waals surface area (Å²) in [6, 6.07) is 2.03. The van der Waals surface area contributed by atoms with Crippen LogP contribution in [0.3, 0.4) is 0 Å². The molecule has 1 saturated heterocycles. The summed E-state index contributed by atoms with van der Waals surface area (Å²) in [6.45, 7) is 6.05. The molecule has 0 N–H and O–H groups in total. The molecular weight excluding hydrogens is 456 g/mol. The van der Waals surface area contributed by atoms with Gasteiger partial charge < -0.3 is 4.74 Å². The molecule has 0 atom stereocenters. The second-order valence-electron chi connectivity index (χ2n) is 6.68. The Hall–Kier alpha value is -1.79. The van der Waals surface area contributed by atoms with Crippen molar-refractivity contribution in [2.45, 2.75) is 13.3 Å². The number of anilines is 1. The highest BCUT2D eigenvalue weighted by Crippen LogP contribution is 2.32. The smallest absolute Gasteiger partial charge is 0.273 e. The molecule has 2 aromatic heterocycles. The highest BCUT2D eigenvalue weighted by molar-refractivity contribution is 7.22. The first-order valence-corrected chi connectivity index (χ1v) is 10.8. The lowest BCUT2D eigenvalue weighted by Gasteiger charge is -2.27. The largest absolute Gasteiger partial charge is 0.379 e. The molecule has 1 amide bonds. The molecule has 0 bridgehead atoms. The Morgan fingerprint density at radius 1 is 1.30 bits per heavy atom. The molecule has 0 radical (unpaired) electrons. The fourth-order valence-electron chi connectivity index (χ4n) is 3.17. The fraction of sp³-hybridized carbons (Fsp3) is 0.444. The van der Waals surface area contributed by atoms with Crippen LogP contribution >= 0.6 is 35.3 Å². The van der Waals surface area contributed by atoms with E-state index in [9.17, 15) is 13.6 Å². The maximum absolute atomic E-state index is 14.1. The molecule has 1 aromatic carbocycles. The molecule has 30 heavy (non-hydrogen) atoms. The van der Waals surface area contributed by atoms with Gasteiger partial charge in [-0.1, -0.05) is 15.8 Å². The Morgan fingerprint density at radius 2 is 2.07 bits per heavy atom. The van der Waals surface area contributed by atoms with Crippen LogP contribution in [-0.2, 0) is 4.74 Å². The summed E-state index contributed by atoms with van der Waals surface area (Å²) in [5, 5.41) is 4.25. The molecule has 0 saturated carbocycles. The number of hydrogen-bond donors (Lipinski definition) is 0. The highest BCUT2D eigenvalue weighted by Gasteiger charge is 2.26. The van der Waals surface area contributed by atoms with Crippen LogP contribution in [0, 0.1) is 18.6 Å². The van der Waals surface area contributed by atoms with Gasteiger partial charge in [0.05, 0.1) is 23.6 Å². The van der Waals surface area contributed by atoms with Crippen molar-refractivity contribution in [3.8, 4) is 0 Å². The second-order valence-corrected chi connectivity index (χ2v) is 8.45. The van der Waals surface area contributed by atoms with E-state index in [1.54, 1.807) is 6.92 Å². The number of nitrogens with zero attached hydrogens (tertiary/aromatic N) is 5. The number of carbonyl (C=O) groups is 1. The maximum Gasteiger partial charge on any atom is 0.273 e. The number of ether oxygens (including phenoxy) is 1. The molecule has 0 spiro atoms. The number of amides is 1. The van der Waals surface area contributed by atoms with E-state index in [4.69, 9.17) is 4.74 Å². The minimum atomic E-state index is -0.737. The third-order valence-electron chi connectivity index (χ3n) is 4.68. The van der Waals surface area contributed by atoms with Crippen molar-refractivity contribution in [1.29, 1.82) is 0 Å². The lowest BCUT2D eigenvalue weighted by Crippen LogP contribution is -2.39. The van der Waals surface area contributed by atoms with E-state index >= 15 is 0 Å².